The number of amides is 2. The molecule has 1 fully saturated rings. The summed E-state index contributed by atoms with van der Waals surface area (Å²) in [6.07, 6.45) is -3.38. The molecular weight excluding hydrogens is 393 g/mol. The molecule has 1 atom stereocenters. The molecule has 0 spiro atoms. The summed E-state index contributed by atoms with van der Waals surface area (Å²) in [5.41, 5.74) is -0.752. The molecule has 2 amide bonds. The fourth-order valence-electron chi connectivity index (χ4n) is 3.29. The van der Waals surface area contributed by atoms with Gasteiger partial charge in [-0.15, -0.1) is 0 Å². The standard InChI is InChI=1S/C20H18ClF3N2O2/c21-15-7-3-5-13(11-15)18(27)14-6-4-10-26(12-14)19(28)25-17-9-2-1-8-16(17)20(22,23)24/h1-3,5,7-9,11,14H,4,6,10,12H2,(H,25,28). The Bertz CT molecular complexity index is 886. The maximum Gasteiger partial charge on any atom is 0.418 e. The molecule has 1 heterocycles. The van der Waals surface area contributed by atoms with Crippen LogP contribution in [0.15, 0.2) is 48.5 Å². The number of urea groups is 1. The number of likely N-dealkylation sites (tertiary alicyclic amines) is 1. The number of ketones is 1. The SMILES string of the molecule is O=C(c1cccc(Cl)c1)C1CCCN(C(=O)Nc2ccccc2C(F)(F)F)C1. The summed E-state index contributed by atoms with van der Waals surface area (Å²) in [5.74, 6) is -0.550. The Labute approximate surface area is 165 Å². The summed E-state index contributed by atoms with van der Waals surface area (Å²) >= 11 is 5.93. The smallest absolute Gasteiger partial charge is 0.324 e. The normalized spacial score (nSPS) is 17.3. The van der Waals surface area contributed by atoms with E-state index < -0.39 is 23.7 Å². The van der Waals surface area contributed by atoms with Crippen LogP contribution in [0, 0.1) is 5.92 Å². The van der Waals surface area contributed by atoms with Gasteiger partial charge in [0, 0.05) is 29.6 Å². The molecule has 1 aliphatic heterocycles. The Morgan fingerprint density at radius 3 is 2.57 bits per heavy atom. The van der Waals surface area contributed by atoms with E-state index in [1.54, 1.807) is 24.3 Å². The third kappa shape index (κ3) is 4.65. The molecule has 8 heteroatoms. The number of anilines is 1. The number of hydrogen-bond donors (Lipinski definition) is 1. The van der Waals surface area contributed by atoms with Gasteiger partial charge >= 0.3 is 12.2 Å². The Hall–Kier alpha value is -2.54. The molecule has 0 saturated carbocycles. The fourth-order valence-corrected chi connectivity index (χ4v) is 3.48. The maximum atomic E-state index is 13.1. The zero-order valence-corrected chi connectivity index (χ0v) is 15.6. The van der Waals surface area contributed by atoms with Gasteiger partial charge in [0.1, 0.15) is 0 Å². The predicted molar refractivity (Wildman–Crippen MR) is 101 cm³/mol. The molecule has 0 bridgehead atoms. The van der Waals surface area contributed by atoms with Gasteiger partial charge < -0.3 is 10.2 Å². The number of halogens is 4. The molecule has 1 aliphatic rings. The maximum absolute atomic E-state index is 13.1. The number of carbonyl (C=O) groups is 2. The van der Waals surface area contributed by atoms with Gasteiger partial charge in [-0.2, -0.15) is 13.2 Å². The van der Waals surface area contributed by atoms with Crippen LogP contribution in [-0.2, 0) is 6.18 Å². The third-order valence-corrected chi connectivity index (χ3v) is 4.90. The summed E-state index contributed by atoms with van der Waals surface area (Å²) in [4.78, 5) is 26.6. The molecule has 2 aromatic rings. The Balaban J connectivity index is 1.71. The van der Waals surface area contributed by atoms with Crippen LogP contribution in [0.3, 0.4) is 0 Å². The average molecular weight is 411 g/mol. The number of benzene rings is 2. The van der Waals surface area contributed by atoms with Crippen molar-refractivity contribution >= 4 is 29.1 Å². The van der Waals surface area contributed by atoms with Crippen LogP contribution in [0.1, 0.15) is 28.8 Å². The van der Waals surface area contributed by atoms with E-state index in [9.17, 15) is 22.8 Å². The van der Waals surface area contributed by atoms with Crippen molar-refractivity contribution in [1.29, 1.82) is 0 Å². The monoisotopic (exact) mass is 410 g/mol. The van der Waals surface area contributed by atoms with E-state index in [-0.39, 0.29) is 18.0 Å². The van der Waals surface area contributed by atoms with Crippen LogP contribution in [0.5, 0.6) is 0 Å². The quantitative estimate of drug-likeness (QED) is 0.680. The highest BCUT2D eigenvalue weighted by molar-refractivity contribution is 6.31. The molecule has 1 N–H and O–H groups in total. The highest BCUT2D eigenvalue weighted by Crippen LogP contribution is 2.34. The van der Waals surface area contributed by atoms with Crippen molar-refractivity contribution in [3.63, 3.8) is 0 Å². The summed E-state index contributed by atoms with van der Waals surface area (Å²) in [6, 6.07) is 10.7. The lowest BCUT2D eigenvalue weighted by atomic mass is 9.90. The van der Waals surface area contributed by atoms with Crippen molar-refractivity contribution in [1.82, 2.24) is 4.90 Å². The third-order valence-electron chi connectivity index (χ3n) is 4.66. The number of nitrogens with zero attached hydrogens (tertiary/aromatic N) is 1. The van der Waals surface area contributed by atoms with Crippen molar-refractivity contribution in [3.05, 3.63) is 64.7 Å². The molecule has 0 aliphatic carbocycles. The molecule has 2 aromatic carbocycles. The molecule has 0 aromatic heterocycles. The van der Waals surface area contributed by atoms with Crippen molar-refractivity contribution in [3.8, 4) is 0 Å². The number of carbonyl (C=O) groups excluding carboxylic acids is 2. The van der Waals surface area contributed by atoms with Crippen molar-refractivity contribution in [2.24, 2.45) is 5.92 Å². The Morgan fingerprint density at radius 1 is 1.11 bits per heavy atom. The Morgan fingerprint density at radius 2 is 1.86 bits per heavy atom. The van der Waals surface area contributed by atoms with E-state index in [2.05, 4.69) is 5.32 Å². The van der Waals surface area contributed by atoms with E-state index >= 15 is 0 Å². The summed E-state index contributed by atoms with van der Waals surface area (Å²) < 4.78 is 39.3. The number of piperidine rings is 1. The predicted octanol–water partition coefficient (Wildman–Crippen LogP) is 5.49. The van der Waals surface area contributed by atoms with Gasteiger partial charge in [-0.05, 0) is 37.1 Å². The first-order valence-electron chi connectivity index (χ1n) is 8.77. The highest BCUT2D eigenvalue weighted by Gasteiger charge is 2.35. The van der Waals surface area contributed by atoms with E-state index in [0.717, 1.165) is 6.07 Å². The Kier molecular flexibility index (Phi) is 5.93. The van der Waals surface area contributed by atoms with Crippen molar-refractivity contribution < 1.29 is 22.8 Å². The van der Waals surface area contributed by atoms with Crippen molar-refractivity contribution in [2.45, 2.75) is 19.0 Å². The topological polar surface area (TPSA) is 49.4 Å². The first kappa shape index (κ1) is 20.2. The van der Waals surface area contributed by atoms with Gasteiger partial charge in [0.15, 0.2) is 5.78 Å². The molecular formula is C20H18ClF3N2O2. The van der Waals surface area contributed by atoms with Gasteiger partial charge in [-0.25, -0.2) is 4.79 Å². The van der Waals surface area contributed by atoms with Crippen LogP contribution in [-0.4, -0.2) is 29.8 Å². The van der Waals surface area contributed by atoms with Gasteiger partial charge in [0.2, 0.25) is 0 Å². The van der Waals surface area contributed by atoms with Gasteiger partial charge in [0.25, 0.3) is 0 Å². The minimum atomic E-state index is -4.57. The molecule has 0 radical (unpaired) electrons. The summed E-state index contributed by atoms with van der Waals surface area (Å²) in [6.45, 7) is 0.519. The van der Waals surface area contributed by atoms with Crippen LogP contribution >= 0.6 is 11.6 Å². The summed E-state index contributed by atoms with van der Waals surface area (Å²) in [5, 5.41) is 2.77. The van der Waals surface area contributed by atoms with Gasteiger partial charge in [-0.3, -0.25) is 4.79 Å². The van der Waals surface area contributed by atoms with Gasteiger partial charge in [-0.1, -0.05) is 35.9 Å². The molecule has 3 rings (SSSR count). The number of alkyl halides is 3. The largest absolute Gasteiger partial charge is 0.418 e. The second-order valence-electron chi connectivity index (χ2n) is 6.63. The lowest BCUT2D eigenvalue weighted by Gasteiger charge is -2.32. The first-order valence-corrected chi connectivity index (χ1v) is 9.15. The van der Waals surface area contributed by atoms with E-state index in [1.807, 2.05) is 0 Å². The van der Waals surface area contributed by atoms with Crippen molar-refractivity contribution in [2.75, 3.05) is 18.4 Å². The number of rotatable bonds is 3. The summed E-state index contributed by atoms with van der Waals surface area (Å²) in [7, 11) is 0. The average Bonchev–Trinajstić information content (AvgIpc) is 2.67. The van der Waals surface area contributed by atoms with Crippen LogP contribution in [0.4, 0.5) is 23.7 Å². The lowest BCUT2D eigenvalue weighted by Crippen LogP contribution is -2.44. The van der Waals surface area contributed by atoms with Crippen LogP contribution in [0.2, 0.25) is 5.02 Å². The first-order chi connectivity index (χ1) is 13.3. The second kappa shape index (κ2) is 8.22. The van der Waals surface area contributed by atoms with Gasteiger partial charge in [0.05, 0.1) is 11.3 Å². The number of nitrogens with one attached hydrogen (secondary N) is 1. The molecule has 1 unspecified atom stereocenters. The van der Waals surface area contributed by atoms with E-state index in [0.29, 0.717) is 30.0 Å². The minimum absolute atomic E-state index is 0.129. The second-order valence-corrected chi connectivity index (χ2v) is 7.07. The van der Waals surface area contributed by atoms with E-state index in [1.165, 1.54) is 23.1 Å². The van der Waals surface area contributed by atoms with Crippen LogP contribution < -0.4 is 5.32 Å². The number of Topliss-reactive ketones (excluding diaryl/α,β-unsaturated/α-hetero) is 1. The molecule has 4 nitrogen and oxygen atoms in total. The number of hydrogen-bond acceptors (Lipinski definition) is 2. The molecule has 148 valence electrons. The minimum Gasteiger partial charge on any atom is -0.324 e. The zero-order valence-electron chi connectivity index (χ0n) is 14.8. The van der Waals surface area contributed by atoms with E-state index in [4.69, 9.17) is 11.6 Å². The van der Waals surface area contributed by atoms with Crippen LogP contribution in [0.25, 0.3) is 0 Å². The fraction of sp³-hybridized carbons (Fsp3) is 0.300. The zero-order chi connectivity index (χ0) is 20.3. The highest BCUT2D eigenvalue weighted by atomic mass is 35.5. The molecule has 1 saturated heterocycles. The lowest BCUT2D eigenvalue weighted by molar-refractivity contribution is -0.136. The molecule has 28 heavy (non-hydrogen) atoms. The number of para-hydroxylation sites is 1.